The SMILES string of the molecule is C=C[Si](C)(OCCCCCCCCCCCCCCCC)OC(C(C)C)C(C)C. The van der Waals surface area contributed by atoms with Gasteiger partial charge in [-0.25, -0.2) is 0 Å². The Morgan fingerprint density at radius 1 is 0.690 bits per heavy atom. The van der Waals surface area contributed by atoms with Crippen LogP contribution in [-0.4, -0.2) is 21.3 Å². The van der Waals surface area contributed by atoms with E-state index in [0.717, 1.165) is 13.0 Å². The van der Waals surface area contributed by atoms with Crippen LogP contribution in [0.5, 0.6) is 0 Å². The summed E-state index contributed by atoms with van der Waals surface area (Å²) in [5, 5.41) is 0. The number of hydrogen-bond donors (Lipinski definition) is 0. The molecule has 0 amide bonds. The normalized spacial score (nSPS) is 14.1. The summed E-state index contributed by atoms with van der Waals surface area (Å²) in [6.07, 6.45) is 19.7. The molecule has 0 saturated heterocycles. The van der Waals surface area contributed by atoms with Gasteiger partial charge in [-0.3, -0.25) is 0 Å². The number of hydrogen-bond acceptors (Lipinski definition) is 2. The molecule has 0 rings (SSSR count). The van der Waals surface area contributed by atoms with Gasteiger partial charge in [0.05, 0.1) is 6.10 Å². The molecule has 0 fully saturated rings. The highest BCUT2D eigenvalue weighted by Gasteiger charge is 2.33. The van der Waals surface area contributed by atoms with Gasteiger partial charge in [-0.15, -0.1) is 6.58 Å². The zero-order valence-corrected chi connectivity index (χ0v) is 21.9. The van der Waals surface area contributed by atoms with Crippen molar-refractivity contribution in [2.24, 2.45) is 11.8 Å². The van der Waals surface area contributed by atoms with E-state index in [9.17, 15) is 0 Å². The standard InChI is InChI=1S/C26H54O2Si/c1-8-10-11-12-13-14-15-16-17-18-19-20-21-22-23-27-29(7,9-2)28-26(24(3)4)25(5)6/h9,24-26H,2,8,10-23H2,1,3-7H3. The van der Waals surface area contributed by atoms with Gasteiger partial charge in [0.1, 0.15) is 0 Å². The van der Waals surface area contributed by atoms with Gasteiger partial charge in [-0.05, 0) is 30.5 Å². The Labute approximate surface area is 185 Å². The zero-order valence-electron chi connectivity index (χ0n) is 20.9. The van der Waals surface area contributed by atoms with Gasteiger partial charge < -0.3 is 8.85 Å². The minimum atomic E-state index is -2.25. The lowest BCUT2D eigenvalue weighted by Crippen LogP contribution is -2.44. The molecule has 0 spiro atoms. The van der Waals surface area contributed by atoms with E-state index in [1.165, 1.54) is 83.5 Å². The first kappa shape index (κ1) is 28.9. The number of rotatable bonds is 21. The van der Waals surface area contributed by atoms with Crippen LogP contribution in [0.2, 0.25) is 6.55 Å². The second-order valence-electron chi connectivity index (χ2n) is 9.74. The monoisotopic (exact) mass is 426 g/mol. The van der Waals surface area contributed by atoms with E-state index in [2.05, 4.69) is 47.7 Å². The van der Waals surface area contributed by atoms with Crippen molar-refractivity contribution in [3.8, 4) is 0 Å². The van der Waals surface area contributed by atoms with Gasteiger partial charge in [0.2, 0.25) is 0 Å². The summed E-state index contributed by atoms with van der Waals surface area (Å²) in [6.45, 7) is 18.2. The van der Waals surface area contributed by atoms with Crippen molar-refractivity contribution >= 4 is 8.56 Å². The van der Waals surface area contributed by atoms with Crippen molar-refractivity contribution in [2.75, 3.05) is 6.61 Å². The molecular formula is C26H54O2Si. The first-order chi connectivity index (χ1) is 13.9. The highest BCUT2D eigenvalue weighted by atomic mass is 28.4. The summed E-state index contributed by atoms with van der Waals surface area (Å²) in [6, 6.07) is 0. The fourth-order valence-electron chi connectivity index (χ4n) is 4.02. The molecule has 1 unspecified atom stereocenters. The van der Waals surface area contributed by atoms with Gasteiger partial charge in [-0.1, -0.05) is 118 Å². The highest BCUT2D eigenvalue weighted by Crippen LogP contribution is 2.23. The summed E-state index contributed by atoms with van der Waals surface area (Å²) >= 11 is 0. The molecule has 3 heteroatoms. The van der Waals surface area contributed by atoms with E-state index < -0.39 is 8.56 Å². The molecule has 0 aliphatic rings. The van der Waals surface area contributed by atoms with Gasteiger partial charge in [0.15, 0.2) is 0 Å². The summed E-state index contributed by atoms with van der Waals surface area (Å²) in [5.41, 5.74) is 1.95. The largest absolute Gasteiger partial charge is 0.391 e. The van der Waals surface area contributed by atoms with Crippen LogP contribution < -0.4 is 0 Å². The van der Waals surface area contributed by atoms with Crippen LogP contribution in [-0.2, 0) is 8.85 Å². The van der Waals surface area contributed by atoms with Crippen LogP contribution in [0.15, 0.2) is 12.3 Å². The predicted octanol–water partition coefficient (Wildman–Crippen LogP) is 8.98. The average Bonchev–Trinajstić information content (AvgIpc) is 2.68. The predicted molar refractivity (Wildman–Crippen MR) is 133 cm³/mol. The van der Waals surface area contributed by atoms with Crippen molar-refractivity contribution < 1.29 is 8.85 Å². The molecule has 0 radical (unpaired) electrons. The van der Waals surface area contributed by atoms with Crippen molar-refractivity contribution in [1.82, 2.24) is 0 Å². The molecule has 0 heterocycles. The topological polar surface area (TPSA) is 18.5 Å². The minimum Gasteiger partial charge on any atom is -0.391 e. The van der Waals surface area contributed by atoms with Crippen molar-refractivity contribution in [1.29, 1.82) is 0 Å². The summed E-state index contributed by atoms with van der Waals surface area (Å²) in [7, 11) is -2.25. The lowest BCUT2D eigenvalue weighted by atomic mass is 9.97. The summed E-state index contributed by atoms with van der Waals surface area (Å²) in [4.78, 5) is 0. The third kappa shape index (κ3) is 16.3. The van der Waals surface area contributed by atoms with Crippen LogP contribution in [0, 0.1) is 11.8 Å². The third-order valence-electron chi connectivity index (χ3n) is 5.94. The maximum Gasteiger partial charge on any atom is 0.361 e. The Bertz CT molecular complexity index is 362. The molecule has 0 aliphatic heterocycles. The summed E-state index contributed by atoms with van der Waals surface area (Å²) in [5.74, 6) is 1.01. The maximum atomic E-state index is 6.43. The van der Waals surface area contributed by atoms with E-state index in [4.69, 9.17) is 8.85 Å². The maximum absolute atomic E-state index is 6.43. The molecule has 0 aromatic carbocycles. The molecule has 0 bridgehead atoms. The quantitative estimate of drug-likeness (QED) is 0.135. The lowest BCUT2D eigenvalue weighted by molar-refractivity contribution is 0.0588. The lowest BCUT2D eigenvalue weighted by Gasteiger charge is -2.33. The molecule has 0 aromatic heterocycles. The Hall–Kier alpha value is -0.123. The Morgan fingerprint density at radius 2 is 1.07 bits per heavy atom. The first-order valence-corrected chi connectivity index (χ1v) is 15.2. The smallest absolute Gasteiger partial charge is 0.361 e. The highest BCUT2D eigenvalue weighted by molar-refractivity contribution is 6.71. The molecule has 1 atom stereocenters. The number of unbranched alkanes of at least 4 members (excludes halogenated alkanes) is 13. The molecule has 0 N–H and O–H groups in total. The van der Waals surface area contributed by atoms with Gasteiger partial charge >= 0.3 is 8.56 Å². The fraction of sp³-hybridized carbons (Fsp3) is 0.923. The third-order valence-corrected chi connectivity index (χ3v) is 8.20. The van der Waals surface area contributed by atoms with Crippen molar-refractivity contribution in [3.63, 3.8) is 0 Å². The molecule has 0 saturated carbocycles. The van der Waals surface area contributed by atoms with Crippen molar-refractivity contribution in [3.05, 3.63) is 12.3 Å². The molecule has 0 aliphatic carbocycles. The van der Waals surface area contributed by atoms with E-state index in [1.54, 1.807) is 0 Å². The summed E-state index contributed by atoms with van der Waals surface area (Å²) < 4.78 is 12.6. The second-order valence-corrected chi connectivity index (χ2v) is 12.7. The van der Waals surface area contributed by atoms with E-state index in [1.807, 2.05) is 5.70 Å². The Kier molecular flexibility index (Phi) is 18.6. The van der Waals surface area contributed by atoms with Crippen LogP contribution in [0.1, 0.15) is 125 Å². The van der Waals surface area contributed by atoms with Crippen LogP contribution >= 0.6 is 0 Å². The molecule has 174 valence electrons. The molecule has 2 nitrogen and oxygen atoms in total. The van der Waals surface area contributed by atoms with E-state index in [-0.39, 0.29) is 6.10 Å². The van der Waals surface area contributed by atoms with Gasteiger partial charge in [0, 0.05) is 6.61 Å². The minimum absolute atomic E-state index is 0.251. The van der Waals surface area contributed by atoms with Gasteiger partial charge in [-0.2, -0.15) is 0 Å². The average molecular weight is 427 g/mol. The fourth-order valence-corrected chi connectivity index (χ4v) is 5.94. The zero-order chi connectivity index (χ0) is 22.0. The Balaban J connectivity index is 3.64. The van der Waals surface area contributed by atoms with Crippen LogP contribution in [0.4, 0.5) is 0 Å². The first-order valence-electron chi connectivity index (χ1n) is 12.8. The van der Waals surface area contributed by atoms with E-state index >= 15 is 0 Å². The van der Waals surface area contributed by atoms with Crippen LogP contribution in [0.25, 0.3) is 0 Å². The Morgan fingerprint density at radius 3 is 1.41 bits per heavy atom. The molecule has 29 heavy (non-hydrogen) atoms. The van der Waals surface area contributed by atoms with Crippen molar-refractivity contribution in [2.45, 2.75) is 137 Å². The van der Waals surface area contributed by atoms with Gasteiger partial charge in [0.25, 0.3) is 0 Å². The van der Waals surface area contributed by atoms with E-state index in [0.29, 0.717) is 11.8 Å². The second kappa shape index (κ2) is 18.6. The van der Waals surface area contributed by atoms with Crippen LogP contribution in [0.3, 0.4) is 0 Å². The molecular weight excluding hydrogens is 372 g/mol. The molecule has 0 aromatic rings.